The van der Waals surface area contributed by atoms with Gasteiger partial charge in [-0.3, -0.25) is 14.6 Å². The zero-order valence-corrected chi connectivity index (χ0v) is 22.3. The van der Waals surface area contributed by atoms with E-state index in [1.54, 1.807) is 24.3 Å². The largest absolute Gasteiger partial charge is 0.497 e. The third kappa shape index (κ3) is 5.01. The van der Waals surface area contributed by atoms with E-state index >= 15 is 0 Å². The Morgan fingerprint density at radius 2 is 1.90 bits per heavy atom. The van der Waals surface area contributed by atoms with Crippen molar-refractivity contribution in [2.45, 2.75) is 43.8 Å². The van der Waals surface area contributed by atoms with Gasteiger partial charge in [0.25, 0.3) is 18.2 Å². The second-order valence-corrected chi connectivity index (χ2v) is 10.5. The topological polar surface area (TPSA) is 91.8 Å². The fourth-order valence-electron chi connectivity index (χ4n) is 5.60. The van der Waals surface area contributed by atoms with E-state index in [1.165, 1.54) is 36.3 Å². The third-order valence-corrected chi connectivity index (χ3v) is 7.87. The minimum absolute atomic E-state index is 0.0172. The van der Waals surface area contributed by atoms with Crippen LogP contribution in [0, 0.1) is 11.7 Å². The van der Waals surface area contributed by atoms with Crippen LogP contribution >= 0.6 is 11.6 Å². The molecule has 2 heterocycles. The monoisotopic (exact) mass is 573 g/mol. The first-order chi connectivity index (χ1) is 19.1. The smallest absolute Gasteiger partial charge is 0.281 e. The quantitative estimate of drug-likeness (QED) is 0.395. The molecule has 1 atom stereocenters. The number of nitrogens with one attached hydrogen (secondary N) is 1. The van der Waals surface area contributed by atoms with Gasteiger partial charge in [-0.15, -0.1) is 0 Å². The van der Waals surface area contributed by atoms with E-state index in [1.807, 2.05) is 0 Å². The summed E-state index contributed by atoms with van der Waals surface area (Å²) in [5, 5.41) is 14.6. The number of aromatic nitrogens is 1. The summed E-state index contributed by atoms with van der Waals surface area (Å²) in [5.74, 6) is -1.50. The minimum Gasteiger partial charge on any atom is -0.497 e. The van der Waals surface area contributed by atoms with Crippen molar-refractivity contribution in [1.29, 1.82) is 0 Å². The summed E-state index contributed by atoms with van der Waals surface area (Å²) in [7, 11) is 1.49. The SMILES string of the molecule is COc1ccc2c(c1)N(CC1CCC(NC(=O)c3cc(Cl)cnc3C(F)F)CC1)C(=O)C2(O)c1ccccc1F. The number of hydrogen-bond donors (Lipinski definition) is 2. The first kappa shape index (κ1) is 27.9. The Kier molecular flexibility index (Phi) is 7.74. The molecule has 1 aliphatic carbocycles. The molecule has 0 spiro atoms. The Hall–Kier alpha value is -3.63. The summed E-state index contributed by atoms with van der Waals surface area (Å²) in [5.41, 5.74) is -2.48. The second-order valence-electron chi connectivity index (χ2n) is 10.1. The number of carbonyl (C=O) groups is 2. The Morgan fingerprint density at radius 1 is 1.18 bits per heavy atom. The number of hydrogen-bond acceptors (Lipinski definition) is 5. The van der Waals surface area contributed by atoms with Crippen LogP contribution in [-0.2, 0) is 10.4 Å². The van der Waals surface area contributed by atoms with Gasteiger partial charge in [0, 0.05) is 36.0 Å². The van der Waals surface area contributed by atoms with Crippen LogP contribution in [-0.4, -0.2) is 41.6 Å². The van der Waals surface area contributed by atoms with Crippen molar-refractivity contribution in [2.24, 2.45) is 5.92 Å². The third-order valence-electron chi connectivity index (χ3n) is 7.66. The molecule has 0 bridgehead atoms. The summed E-state index contributed by atoms with van der Waals surface area (Å²) in [6.07, 6.45) is 0.517. The molecule has 5 rings (SSSR count). The number of fused-ring (bicyclic) bond motifs is 1. The summed E-state index contributed by atoms with van der Waals surface area (Å²) in [6.45, 7) is 0.268. The molecule has 11 heteroatoms. The lowest BCUT2D eigenvalue weighted by atomic mass is 9.85. The predicted octanol–water partition coefficient (Wildman–Crippen LogP) is 5.39. The predicted molar refractivity (Wildman–Crippen MR) is 142 cm³/mol. The fraction of sp³-hybridized carbons (Fsp3) is 0.345. The van der Waals surface area contributed by atoms with Gasteiger partial charge in [0.05, 0.1) is 23.4 Å². The first-order valence-corrected chi connectivity index (χ1v) is 13.2. The molecule has 40 heavy (non-hydrogen) atoms. The van der Waals surface area contributed by atoms with Crippen LogP contribution in [0.25, 0.3) is 0 Å². The van der Waals surface area contributed by atoms with Crippen LogP contribution in [0.3, 0.4) is 0 Å². The number of pyridine rings is 1. The van der Waals surface area contributed by atoms with Gasteiger partial charge in [0.15, 0.2) is 5.60 Å². The van der Waals surface area contributed by atoms with Crippen molar-refractivity contribution in [3.63, 3.8) is 0 Å². The molecule has 7 nitrogen and oxygen atoms in total. The molecule has 2 amide bonds. The molecule has 2 aromatic carbocycles. The maximum atomic E-state index is 14.8. The van der Waals surface area contributed by atoms with E-state index in [0.29, 0.717) is 37.1 Å². The van der Waals surface area contributed by atoms with Crippen molar-refractivity contribution < 1.29 is 32.6 Å². The number of anilines is 1. The number of benzene rings is 2. The average molecular weight is 574 g/mol. The lowest BCUT2D eigenvalue weighted by Crippen LogP contribution is -2.45. The maximum Gasteiger partial charge on any atom is 0.281 e. The molecule has 1 saturated carbocycles. The molecule has 1 aliphatic heterocycles. The van der Waals surface area contributed by atoms with Crippen molar-refractivity contribution in [1.82, 2.24) is 10.3 Å². The highest BCUT2D eigenvalue weighted by atomic mass is 35.5. The highest BCUT2D eigenvalue weighted by Gasteiger charge is 2.52. The number of methoxy groups -OCH3 is 1. The van der Waals surface area contributed by atoms with Crippen LogP contribution in [0.2, 0.25) is 5.02 Å². The van der Waals surface area contributed by atoms with Crippen LogP contribution in [0.5, 0.6) is 5.75 Å². The number of ether oxygens (including phenoxy) is 1. The number of amides is 2. The normalized spacial score (nSPS) is 22.4. The molecule has 2 N–H and O–H groups in total. The standard InChI is InChI=1S/C29H27ClF3N3O4/c1-40-19-10-11-22-24(13-19)36(28(38)29(22,39)21-4-2-3-5-23(21)31)15-16-6-8-18(9-7-16)35-27(37)20-12-17(30)14-34-25(20)26(32)33/h2-5,10-14,16,18,26,39H,6-9,15H2,1H3,(H,35,37). The van der Waals surface area contributed by atoms with E-state index in [2.05, 4.69) is 10.3 Å². The summed E-state index contributed by atoms with van der Waals surface area (Å²) in [6, 6.07) is 11.4. The Labute approximate surface area is 233 Å². The number of alkyl halides is 2. The Morgan fingerprint density at radius 3 is 2.58 bits per heavy atom. The minimum atomic E-state index is -2.92. The first-order valence-electron chi connectivity index (χ1n) is 12.9. The van der Waals surface area contributed by atoms with Gasteiger partial charge in [0.1, 0.15) is 17.3 Å². The van der Waals surface area contributed by atoms with E-state index in [9.17, 15) is 27.9 Å². The van der Waals surface area contributed by atoms with Crippen molar-refractivity contribution in [2.75, 3.05) is 18.6 Å². The van der Waals surface area contributed by atoms with Crippen LogP contribution in [0.1, 0.15) is 59.3 Å². The molecule has 0 radical (unpaired) electrons. The van der Waals surface area contributed by atoms with Crippen molar-refractivity contribution >= 4 is 29.1 Å². The highest BCUT2D eigenvalue weighted by molar-refractivity contribution is 6.30. The summed E-state index contributed by atoms with van der Waals surface area (Å²) in [4.78, 5) is 31.6. The van der Waals surface area contributed by atoms with Crippen molar-refractivity contribution in [3.05, 3.63) is 88.0 Å². The lowest BCUT2D eigenvalue weighted by Gasteiger charge is -2.32. The molecule has 0 saturated heterocycles. The van der Waals surface area contributed by atoms with Gasteiger partial charge in [-0.2, -0.15) is 0 Å². The summed E-state index contributed by atoms with van der Waals surface area (Å²) < 4.78 is 46.8. The number of carbonyl (C=O) groups excluding carboxylic acids is 2. The van der Waals surface area contributed by atoms with Crippen LogP contribution < -0.4 is 15.0 Å². The van der Waals surface area contributed by atoms with E-state index < -0.39 is 35.4 Å². The number of nitrogens with zero attached hydrogens (tertiary/aromatic N) is 2. The van der Waals surface area contributed by atoms with Gasteiger partial charge < -0.3 is 20.1 Å². The molecule has 1 unspecified atom stereocenters. The van der Waals surface area contributed by atoms with E-state index in [0.717, 1.165) is 6.20 Å². The highest BCUT2D eigenvalue weighted by Crippen LogP contribution is 2.47. The van der Waals surface area contributed by atoms with E-state index in [4.69, 9.17) is 16.3 Å². The Bertz CT molecular complexity index is 1450. The van der Waals surface area contributed by atoms with E-state index in [-0.39, 0.29) is 40.2 Å². The molecule has 2 aliphatic rings. The Balaban J connectivity index is 1.31. The maximum absolute atomic E-state index is 14.8. The molecular weight excluding hydrogens is 547 g/mol. The molecule has 1 fully saturated rings. The molecular formula is C29H27ClF3N3O4. The zero-order chi connectivity index (χ0) is 28.6. The second kappa shape index (κ2) is 11.1. The number of halogens is 4. The molecule has 3 aromatic rings. The molecule has 1 aromatic heterocycles. The van der Waals surface area contributed by atoms with Gasteiger partial charge in [-0.25, -0.2) is 13.2 Å². The van der Waals surface area contributed by atoms with Gasteiger partial charge in [-0.05, 0) is 55.9 Å². The van der Waals surface area contributed by atoms with Gasteiger partial charge >= 0.3 is 0 Å². The van der Waals surface area contributed by atoms with Crippen LogP contribution in [0.15, 0.2) is 54.7 Å². The summed E-state index contributed by atoms with van der Waals surface area (Å²) >= 11 is 5.88. The average Bonchev–Trinajstić information content (AvgIpc) is 3.15. The zero-order valence-electron chi connectivity index (χ0n) is 21.5. The van der Waals surface area contributed by atoms with Crippen LogP contribution in [0.4, 0.5) is 18.9 Å². The lowest BCUT2D eigenvalue weighted by molar-refractivity contribution is -0.132. The van der Waals surface area contributed by atoms with Gasteiger partial charge in [-0.1, -0.05) is 29.8 Å². The number of rotatable bonds is 7. The van der Waals surface area contributed by atoms with Crippen molar-refractivity contribution in [3.8, 4) is 5.75 Å². The fourth-order valence-corrected chi connectivity index (χ4v) is 5.76. The number of aliphatic hydroxyl groups is 1. The van der Waals surface area contributed by atoms with Gasteiger partial charge in [0.2, 0.25) is 0 Å². The molecule has 210 valence electrons.